The van der Waals surface area contributed by atoms with Crippen LogP contribution < -0.4 is 19.1 Å². The van der Waals surface area contributed by atoms with E-state index in [4.69, 9.17) is 9.47 Å². The number of methoxy groups -OCH3 is 1. The number of hydrogen-bond acceptors (Lipinski definition) is 5. The van der Waals surface area contributed by atoms with E-state index in [0.717, 1.165) is 12.0 Å². The second-order valence-corrected chi connectivity index (χ2v) is 9.91. The summed E-state index contributed by atoms with van der Waals surface area (Å²) in [6.07, 6.45) is 1.50. The highest BCUT2D eigenvalue weighted by atomic mass is 32.2. The number of benzene rings is 2. The van der Waals surface area contributed by atoms with Crippen molar-refractivity contribution < 1.29 is 22.7 Å². The van der Waals surface area contributed by atoms with E-state index in [1.54, 1.807) is 35.2 Å². The van der Waals surface area contributed by atoms with Crippen LogP contribution in [-0.2, 0) is 21.2 Å². The Morgan fingerprint density at radius 3 is 2.55 bits per heavy atom. The van der Waals surface area contributed by atoms with E-state index < -0.39 is 15.4 Å². The fourth-order valence-electron chi connectivity index (χ4n) is 3.52. The van der Waals surface area contributed by atoms with Crippen molar-refractivity contribution in [3.05, 3.63) is 42.0 Å². The Labute approximate surface area is 184 Å². The minimum absolute atomic E-state index is 0.0115. The number of amides is 1. The Bertz CT molecular complexity index is 1080. The lowest BCUT2D eigenvalue weighted by Gasteiger charge is -2.27. The van der Waals surface area contributed by atoms with Crippen LogP contribution in [0.4, 0.5) is 11.4 Å². The molecular formula is C23H30N2O5S. The van der Waals surface area contributed by atoms with Crippen molar-refractivity contribution in [3.8, 4) is 11.5 Å². The topological polar surface area (TPSA) is 84.9 Å². The molecule has 1 aliphatic rings. The normalized spacial score (nSPS) is 15.6. The van der Waals surface area contributed by atoms with Gasteiger partial charge in [-0.25, -0.2) is 8.42 Å². The molecule has 2 aromatic rings. The minimum atomic E-state index is -3.89. The number of nitrogens with zero attached hydrogens (tertiary/aromatic N) is 1. The van der Waals surface area contributed by atoms with Crippen molar-refractivity contribution in [1.29, 1.82) is 0 Å². The lowest BCUT2D eigenvalue weighted by molar-refractivity contribution is -0.127. The van der Waals surface area contributed by atoms with E-state index in [-0.39, 0.29) is 23.2 Å². The molecule has 1 aliphatic heterocycles. The molecule has 8 heteroatoms. The van der Waals surface area contributed by atoms with Gasteiger partial charge in [0.1, 0.15) is 23.0 Å². The van der Waals surface area contributed by atoms with Crippen molar-refractivity contribution in [2.24, 2.45) is 5.41 Å². The molecule has 2 aromatic carbocycles. The van der Waals surface area contributed by atoms with Gasteiger partial charge in [-0.1, -0.05) is 19.9 Å². The number of aryl methyl sites for hydroxylation is 1. The van der Waals surface area contributed by atoms with Gasteiger partial charge in [0.25, 0.3) is 10.0 Å². The highest BCUT2D eigenvalue weighted by Crippen LogP contribution is 2.39. The van der Waals surface area contributed by atoms with Gasteiger partial charge in [0.05, 0.1) is 23.9 Å². The summed E-state index contributed by atoms with van der Waals surface area (Å²) in [5.74, 6) is 0.738. The summed E-state index contributed by atoms with van der Waals surface area (Å²) in [7, 11) is -2.45. The fraction of sp³-hybridized carbons (Fsp3) is 0.435. The Kier molecular flexibility index (Phi) is 6.50. The van der Waals surface area contributed by atoms with Gasteiger partial charge in [0, 0.05) is 12.6 Å². The molecule has 0 unspecified atom stereocenters. The average Bonchev–Trinajstić information content (AvgIpc) is 2.83. The van der Waals surface area contributed by atoms with Crippen LogP contribution in [0.1, 0.15) is 39.7 Å². The molecule has 0 bridgehead atoms. The Morgan fingerprint density at radius 2 is 1.90 bits per heavy atom. The van der Waals surface area contributed by atoms with E-state index >= 15 is 0 Å². The van der Waals surface area contributed by atoms with Crippen LogP contribution in [-0.4, -0.2) is 34.6 Å². The van der Waals surface area contributed by atoms with Crippen LogP contribution >= 0.6 is 0 Å². The molecule has 0 fully saturated rings. The zero-order valence-electron chi connectivity index (χ0n) is 18.7. The van der Waals surface area contributed by atoms with Crippen LogP contribution in [0.3, 0.4) is 0 Å². The molecule has 0 spiro atoms. The minimum Gasteiger partial charge on any atom is -0.495 e. The first-order valence-electron chi connectivity index (χ1n) is 10.4. The molecule has 0 aliphatic carbocycles. The van der Waals surface area contributed by atoms with Crippen LogP contribution in [0.2, 0.25) is 0 Å². The number of carbonyl (C=O) groups is 1. The van der Waals surface area contributed by atoms with Gasteiger partial charge in [-0.2, -0.15) is 0 Å². The molecule has 168 valence electrons. The van der Waals surface area contributed by atoms with E-state index in [2.05, 4.69) is 4.72 Å². The predicted octanol–water partition coefficient (Wildman–Crippen LogP) is 4.22. The van der Waals surface area contributed by atoms with Crippen molar-refractivity contribution in [2.75, 3.05) is 29.9 Å². The fourth-order valence-corrected chi connectivity index (χ4v) is 4.79. The molecule has 7 nitrogen and oxygen atoms in total. The number of sulfonamides is 1. The Morgan fingerprint density at radius 1 is 1.16 bits per heavy atom. The van der Waals surface area contributed by atoms with E-state index in [0.29, 0.717) is 30.1 Å². The first-order chi connectivity index (χ1) is 14.6. The molecule has 31 heavy (non-hydrogen) atoms. The maximum atomic E-state index is 13.1. The number of anilines is 2. The maximum Gasteiger partial charge on any atom is 0.265 e. The monoisotopic (exact) mass is 446 g/mol. The smallest absolute Gasteiger partial charge is 0.265 e. The van der Waals surface area contributed by atoms with Crippen LogP contribution in [0.25, 0.3) is 0 Å². The van der Waals surface area contributed by atoms with Gasteiger partial charge in [-0.3, -0.25) is 9.52 Å². The van der Waals surface area contributed by atoms with Gasteiger partial charge in [0.2, 0.25) is 5.91 Å². The summed E-state index contributed by atoms with van der Waals surface area (Å²) >= 11 is 0. The lowest BCUT2D eigenvalue weighted by atomic mass is 9.93. The first-order valence-corrected chi connectivity index (χ1v) is 11.9. The number of hydrogen-bond donors (Lipinski definition) is 1. The zero-order chi connectivity index (χ0) is 22.8. The predicted molar refractivity (Wildman–Crippen MR) is 122 cm³/mol. The van der Waals surface area contributed by atoms with Crippen molar-refractivity contribution in [2.45, 2.75) is 45.4 Å². The SMILES string of the molecule is CCCN1C(=O)C(C)(C)COc2cc(NS(=O)(=O)c3cc(CC)ccc3OC)ccc21. The number of fused-ring (bicyclic) bond motifs is 1. The summed E-state index contributed by atoms with van der Waals surface area (Å²) in [4.78, 5) is 14.8. The summed E-state index contributed by atoms with van der Waals surface area (Å²) in [5.41, 5.74) is 1.21. The standard InChI is InChI=1S/C23H30N2O5S/c1-6-12-25-18-10-9-17(14-20(18)30-15-23(3,4)22(25)26)24-31(27,28)21-13-16(7-2)8-11-19(21)29-5/h8-11,13-14,24H,6-7,12,15H2,1-5H3. The highest BCUT2D eigenvalue weighted by Gasteiger charge is 2.37. The van der Waals surface area contributed by atoms with E-state index in [9.17, 15) is 13.2 Å². The molecule has 1 N–H and O–H groups in total. The summed E-state index contributed by atoms with van der Waals surface area (Å²) in [6.45, 7) is 8.43. The van der Waals surface area contributed by atoms with Gasteiger partial charge >= 0.3 is 0 Å². The maximum absolute atomic E-state index is 13.1. The first kappa shape index (κ1) is 22.9. The second-order valence-electron chi connectivity index (χ2n) is 8.26. The number of carbonyl (C=O) groups excluding carboxylic acids is 1. The molecule has 0 atom stereocenters. The van der Waals surface area contributed by atoms with Crippen molar-refractivity contribution in [3.63, 3.8) is 0 Å². The van der Waals surface area contributed by atoms with Crippen LogP contribution in [0, 0.1) is 5.41 Å². The molecule has 0 saturated heterocycles. The molecule has 0 saturated carbocycles. The zero-order valence-corrected chi connectivity index (χ0v) is 19.5. The number of nitrogens with one attached hydrogen (secondary N) is 1. The van der Waals surface area contributed by atoms with Gasteiger partial charge in [-0.05, 0) is 56.5 Å². The Hall–Kier alpha value is -2.74. The number of rotatable bonds is 7. The summed E-state index contributed by atoms with van der Waals surface area (Å²) in [6, 6.07) is 10.1. The van der Waals surface area contributed by atoms with Crippen molar-refractivity contribution >= 4 is 27.3 Å². The third-order valence-electron chi connectivity index (χ3n) is 5.29. The third-order valence-corrected chi connectivity index (χ3v) is 6.69. The van der Waals surface area contributed by atoms with Gasteiger partial charge in [-0.15, -0.1) is 0 Å². The molecule has 1 heterocycles. The summed E-state index contributed by atoms with van der Waals surface area (Å²) in [5, 5.41) is 0. The van der Waals surface area contributed by atoms with Crippen LogP contribution in [0.15, 0.2) is 41.3 Å². The molecule has 3 rings (SSSR count). The molecule has 1 amide bonds. The largest absolute Gasteiger partial charge is 0.495 e. The quantitative estimate of drug-likeness (QED) is 0.688. The van der Waals surface area contributed by atoms with Crippen molar-refractivity contribution in [1.82, 2.24) is 0 Å². The van der Waals surface area contributed by atoms with Crippen LogP contribution in [0.5, 0.6) is 11.5 Å². The van der Waals surface area contributed by atoms with E-state index in [1.165, 1.54) is 7.11 Å². The number of ether oxygens (including phenoxy) is 2. The summed E-state index contributed by atoms with van der Waals surface area (Å²) < 4.78 is 40.0. The van der Waals surface area contributed by atoms with Gasteiger partial charge < -0.3 is 14.4 Å². The Balaban J connectivity index is 1.98. The lowest BCUT2D eigenvalue weighted by Crippen LogP contribution is -2.42. The van der Waals surface area contributed by atoms with Gasteiger partial charge in [0.15, 0.2) is 0 Å². The molecule has 0 radical (unpaired) electrons. The third kappa shape index (κ3) is 4.63. The average molecular weight is 447 g/mol. The second kappa shape index (κ2) is 8.78. The highest BCUT2D eigenvalue weighted by molar-refractivity contribution is 7.92. The van der Waals surface area contributed by atoms with E-state index in [1.807, 2.05) is 33.8 Å². The molecular weight excluding hydrogens is 416 g/mol. The molecule has 0 aromatic heterocycles.